The molecular formula is C17H15F2N3. The van der Waals surface area contributed by atoms with Crippen LogP contribution in [-0.4, -0.2) is 9.78 Å². The SMILES string of the molecule is Cc1ccc(-c2cc(C(F)F)nn2-c2ccc(N)cc2)cc1. The van der Waals surface area contributed by atoms with Gasteiger partial charge >= 0.3 is 0 Å². The monoisotopic (exact) mass is 299 g/mol. The molecule has 0 radical (unpaired) electrons. The number of nitrogen functional groups attached to an aromatic ring is 1. The summed E-state index contributed by atoms with van der Waals surface area (Å²) >= 11 is 0. The predicted molar refractivity (Wildman–Crippen MR) is 83.1 cm³/mol. The van der Waals surface area contributed by atoms with Crippen LogP contribution in [0.1, 0.15) is 17.7 Å². The van der Waals surface area contributed by atoms with Crippen LogP contribution in [0, 0.1) is 6.92 Å². The Hall–Kier alpha value is -2.69. The molecule has 2 aromatic carbocycles. The van der Waals surface area contributed by atoms with E-state index in [1.807, 2.05) is 31.2 Å². The third kappa shape index (κ3) is 2.70. The van der Waals surface area contributed by atoms with E-state index in [1.54, 1.807) is 24.3 Å². The van der Waals surface area contributed by atoms with Crippen LogP contribution in [0.5, 0.6) is 0 Å². The average molecular weight is 299 g/mol. The van der Waals surface area contributed by atoms with Crippen LogP contribution < -0.4 is 5.73 Å². The number of alkyl halides is 2. The van der Waals surface area contributed by atoms with Crippen LogP contribution in [0.3, 0.4) is 0 Å². The molecule has 0 fully saturated rings. The molecule has 3 aromatic rings. The zero-order valence-electron chi connectivity index (χ0n) is 12.0. The lowest BCUT2D eigenvalue weighted by molar-refractivity contribution is 0.145. The highest BCUT2D eigenvalue weighted by Crippen LogP contribution is 2.28. The Kier molecular flexibility index (Phi) is 3.63. The lowest BCUT2D eigenvalue weighted by Gasteiger charge is -2.08. The Bertz CT molecular complexity index is 712. The fraction of sp³-hybridized carbons (Fsp3) is 0.118. The van der Waals surface area contributed by atoms with Gasteiger partial charge in [0.1, 0.15) is 5.69 Å². The molecule has 0 atom stereocenters. The van der Waals surface area contributed by atoms with Gasteiger partial charge in [-0.25, -0.2) is 13.5 Å². The first-order chi connectivity index (χ1) is 10.5. The molecule has 2 N–H and O–H groups in total. The lowest BCUT2D eigenvalue weighted by Crippen LogP contribution is -2.00. The molecule has 1 aromatic heterocycles. The van der Waals surface area contributed by atoms with Crippen molar-refractivity contribution < 1.29 is 8.78 Å². The Balaban J connectivity index is 2.15. The molecule has 0 saturated carbocycles. The van der Waals surface area contributed by atoms with Gasteiger partial charge in [-0.1, -0.05) is 29.8 Å². The zero-order valence-corrected chi connectivity index (χ0v) is 12.0. The molecule has 22 heavy (non-hydrogen) atoms. The Morgan fingerprint density at radius 3 is 2.23 bits per heavy atom. The van der Waals surface area contributed by atoms with E-state index in [0.717, 1.165) is 11.1 Å². The van der Waals surface area contributed by atoms with Gasteiger partial charge in [0.05, 0.1) is 11.4 Å². The van der Waals surface area contributed by atoms with Gasteiger partial charge < -0.3 is 5.73 Å². The summed E-state index contributed by atoms with van der Waals surface area (Å²) in [5.74, 6) is 0. The van der Waals surface area contributed by atoms with E-state index in [4.69, 9.17) is 5.73 Å². The summed E-state index contributed by atoms with van der Waals surface area (Å²) in [6.07, 6.45) is -2.61. The molecule has 5 heteroatoms. The van der Waals surface area contributed by atoms with Crippen molar-refractivity contribution in [2.24, 2.45) is 0 Å². The summed E-state index contributed by atoms with van der Waals surface area (Å²) < 4.78 is 27.6. The summed E-state index contributed by atoms with van der Waals surface area (Å²) in [7, 11) is 0. The summed E-state index contributed by atoms with van der Waals surface area (Å²) in [5, 5.41) is 4.03. The van der Waals surface area contributed by atoms with Gasteiger partial charge in [-0.2, -0.15) is 5.10 Å². The summed E-state index contributed by atoms with van der Waals surface area (Å²) in [4.78, 5) is 0. The van der Waals surface area contributed by atoms with Crippen LogP contribution in [0.4, 0.5) is 14.5 Å². The number of nitrogens with two attached hydrogens (primary N) is 1. The van der Waals surface area contributed by atoms with Crippen molar-refractivity contribution in [1.82, 2.24) is 9.78 Å². The Morgan fingerprint density at radius 2 is 1.64 bits per heavy atom. The summed E-state index contributed by atoms with van der Waals surface area (Å²) in [6.45, 7) is 1.98. The van der Waals surface area contributed by atoms with Gasteiger partial charge in [-0.15, -0.1) is 0 Å². The van der Waals surface area contributed by atoms with Crippen LogP contribution >= 0.6 is 0 Å². The van der Waals surface area contributed by atoms with E-state index in [0.29, 0.717) is 17.1 Å². The van der Waals surface area contributed by atoms with Crippen molar-refractivity contribution in [3.05, 3.63) is 65.9 Å². The van der Waals surface area contributed by atoms with Crippen LogP contribution in [0.25, 0.3) is 16.9 Å². The zero-order chi connectivity index (χ0) is 15.7. The minimum atomic E-state index is -2.61. The number of hydrogen-bond acceptors (Lipinski definition) is 2. The van der Waals surface area contributed by atoms with Gasteiger partial charge in [-0.3, -0.25) is 0 Å². The first-order valence-corrected chi connectivity index (χ1v) is 6.85. The first-order valence-electron chi connectivity index (χ1n) is 6.85. The van der Waals surface area contributed by atoms with Crippen molar-refractivity contribution >= 4 is 5.69 Å². The molecule has 112 valence electrons. The molecule has 3 nitrogen and oxygen atoms in total. The maximum absolute atomic E-state index is 13.0. The number of benzene rings is 2. The van der Waals surface area contributed by atoms with Gasteiger partial charge in [0.2, 0.25) is 0 Å². The van der Waals surface area contributed by atoms with Gasteiger partial charge in [0, 0.05) is 11.3 Å². The van der Waals surface area contributed by atoms with Crippen molar-refractivity contribution in [3.63, 3.8) is 0 Å². The smallest absolute Gasteiger partial charge is 0.282 e. The van der Waals surface area contributed by atoms with Crippen molar-refractivity contribution in [2.45, 2.75) is 13.3 Å². The van der Waals surface area contributed by atoms with Crippen LogP contribution in [0.2, 0.25) is 0 Å². The average Bonchev–Trinajstić information content (AvgIpc) is 2.94. The molecule has 0 saturated heterocycles. The largest absolute Gasteiger partial charge is 0.399 e. The molecular weight excluding hydrogens is 284 g/mol. The van der Waals surface area contributed by atoms with Crippen molar-refractivity contribution in [1.29, 1.82) is 0 Å². The second-order valence-electron chi connectivity index (χ2n) is 5.12. The number of halogens is 2. The van der Waals surface area contributed by atoms with Crippen LogP contribution in [0.15, 0.2) is 54.6 Å². The van der Waals surface area contributed by atoms with Crippen LogP contribution in [-0.2, 0) is 0 Å². The highest BCUT2D eigenvalue weighted by molar-refractivity contribution is 5.63. The standard InChI is InChI=1S/C17H15F2N3/c1-11-2-4-12(5-3-11)16-10-15(17(18)19)21-22(16)14-8-6-13(20)7-9-14/h2-10,17H,20H2,1H3. The molecule has 0 aliphatic carbocycles. The highest BCUT2D eigenvalue weighted by atomic mass is 19.3. The van der Waals surface area contributed by atoms with E-state index in [9.17, 15) is 8.78 Å². The Labute approximate surface area is 127 Å². The Morgan fingerprint density at radius 1 is 1.00 bits per heavy atom. The fourth-order valence-electron chi connectivity index (χ4n) is 2.25. The third-order valence-electron chi connectivity index (χ3n) is 3.44. The number of nitrogens with zero attached hydrogens (tertiary/aromatic N) is 2. The van der Waals surface area contributed by atoms with E-state index in [2.05, 4.69) is 5.10 Å². The molecule has 3 rings (SSSR count). The lowest BCUT2D eigenvalue weighted by atomic mass is 10.1. The number of rotatable bonds is 3. The van der Waals surface area contributed by atoms with Crippen molar-refractivity contribution in [3.8, 4) is 16.9 Å². The third-order valence-corrected chi connectivity index (χ3v) is 3.44. The fourth-order valence-corrected chi connectivity index (χ4v) is 2.25. The number of anilines is 1. The van der Waals surface area contributed by atoms with Gasteiger partial charge in [0.15, 0.2) is 0 Å². The normalized spacial score (nSPS) is 11.1. The van der Waals surface area contributed by atoms with Gasteiger partial charge in [0.25, 0.3) is 6.43 Å². The quantitative estimate of drug-likeness (QED) is 0.730. The topological polar surface area (TPSA) is 43.8 Å². The van der Waals surface area contributed by atoms with Gasteiger partial charge in [-0.05, 0) is 37.3 Å². The molecule has 0 aliphatic rings. The minimum absolute atomic E-state index is 0.243. The number of aryl methyl sites for hydroxylation is 1. The predicted octanol–water partition coefficient (Wildman–Crippen LogP) is 4.37. The minimum Gasteiger partial charge on any atom is -0.399 e. The molecule has 0 amide bonds. The molecule has 0 spiro atoms. The first kappa shape index (κ1) is 14.3. The molecule has 0 bridgehead atoms. The molecule has 0 aliphatic heterocycles. The molecule has 0 unspecified atom stereocenters. The van der Waals surface area contributed by atoms with E-state index < -0.39 is 6.43 Å². The second-order valence-corrected chi connectivity index (χ2v) is 5.12. The summed E-state index contributed by atoms with van der Waals surface area (Å²) in [6, 6.07) is 16.1. The molecule has 1 heterocycles. The maximum Gasteiger partial charge on any atom is 0.282 e. The highest BCUT2D eigenvalue weighted by Gasteiger charge is 2.17. The summed E-state index contributed by atoms with van der Waals surface area (Å²) in [5.41, 5.74) is 9.30. The van der Waals surface area contributed by atoms with E-state index >= 15 is 0 Å². The maximum atomic E-state index is 13.0. The van der Waals surface area contributed by atoms with E-state index in [-0.39, 0.29) is 5.69 Å². The number of hydrogen-bond donors (Lipinski definition) is 1. The second kappa shape index (κ2) is 5.60. The van der Waals surface area contributed by atoms with E-state index in [1.165, 1.54) is 10.7 Å². The number of aromatic nitrogens is 2. The van der Waals surface area contributed by atoms with Crippen molar-refractivity contribution in [2.75, 3.05) is 5.73 Å².